The van der Waals surface area contributed by atoms with E-state index in [-0.39, 0.29) is 6.03 Å². The lowest BCUT2D eigenvalue weighted by Gasteiger charge is -2.25. The van der Waals surface area contributed by atoms with Crippen molar-refractivity contribution >= 4 is 12.0 Å². The highest BCUT2D eigenvalue weighted by molar-refractivity contribution is 5.87. The molecule has 0 aromatic carbocycles. The Morgan fingerprint density at radius 1 is 1.23 bits per heavy atom. The Labute approximate surface area is 132 Å². The van der Waals surface area contributed by atoms with Crippen molar-refractivity contribution in [2.75, 3.05) is 11.9 Å². The lowest BCUT2D eigenvalue weighted by Crippen LogP contribution is -2.39. The fourth-order valence-electron chi connectivity index (χ4n) is 3.81. The lowest BCUT2D eigenvalue weighted by atomic mass is 9.97. The second-order valence-electron chi connectivity index (χ2n) is 6.75. The summed E-state index contributed by atoms with van der Waals surface area (Å²) in [6.45, 7) is 2.73. The summed E-state index contributed by atoms with van der Waals surface area (Å²) >= 11 is 0. The van der Waals surface area contributed by atoms with Gasteiger partial charge < -0.3 is 4.90 Å². The first-order chi connectivity index (χ1) is 10.6. The van der Waals surface area contributed by atoms with Crippen LogP contribution in [0, 0.1) is 12.8 Å². The Kier molecular flexibility index (Phi) is 4.64. The molecule has 2 heterocycles. The van der Waals surface area contributed by atoms with E-state index in [9.17, 15) is 4.79 Å². The number of urea groups is 1. The molecule has 22 heavy (non-hydrogen) atoms. The predicted octanol–water partition coefficient (Wildman–Crippen LogP) is 3.09. The van der Waals surface area contributed by atoms with Crippen molar-refractivity contribution in [3.05, 3.63) is 5.82 Å². The second-order valence-corrected chi connectivity index (χ2v) is 6.75. The molecule has 1 N–H and O–H groups in total. The van der Waals surface area contributed by atoms with E-state index in [1.54, 1.807) is 4.68 Å². The van der Waals surface area contributed by atoms with Crippen molar-refractivity contribution in [1.82, 2.24) is 19.7 Å². The van der Waals surface area contributed by atoms with Crippen molar-refractivity contribution in [2.45, 2.75) is 64.3 Å². The van der Waals surface area contributed by atoms with Gasteiger partial charge >= 0.3 is 6.03 Å². The van der Waals surface area contributed by atoms with Gasteiger partial charge in [-0.05, 0) is 38.5 Å². The van der Waals surface area contributed by atoms with Crippen LogP contribution >= 0.6 is 0 Å². The van der Waals surface area contributed by atoms with Gasteiger partial charge in [0.2, 0.25) is 5.95 Å². The van der Waals surface area contributed by atoms with E-state index in [0.29, 0.717) is 12.0 Å². The van der Waals surface area contributed by atoms with E-state index in [2.05, 4.69) is 15.4 Å². The number of nitrogens with zero attached hydrogens (tertiary/aromatic N) is 4. The van der Waals surface area contributed by atoms with Crippen LogP contribution in [0.1, 0.15) is 57.2 Å². The van der Waals surface area contributed by atoms with Gasteiger partial charge in [-0.1, -0.05) is 25.7 Å². The molecular weight excluding hydrogens is 278 g/mol. The van der Waals surface area contributed by atoms with Gasteiger partial charge in [0.15, 0.2) is 0 Å². The van der Waals surface area contributed by atoms with Gasteiger partial charge in [-0.25, -0.2) is 4.79 Å². The van der Waals surface area contributed by atoms with Gasteiger partial charge in [-0.2, -0.15) is 4.98 Å². The predicted molar refractivity (Wildman–Crippen MR) is 85.7 cm³/mol. The minimum Gasteiger partial charge on any atom is -0.321 e. The standard InChI is InChI=1S/C16H27N5O/c1-12-17-15(19-20(12)2)18-16(22)21-11-5-8-14(21)10-9-13-6-3-4-7-13/h13-14H,3-11H2,1-2H3,(H,18,19,22). The second kappa shape index (κ2) is 6.67. The number of rotatable bonds is 4. The molecule has 2 aliphatic rings. The quantitative estimate of drug-likeness (QED) is 0.929. The van der Waals surface area contributed by atoms with Gasteiger partial charge in [0, 0.05) is 19.6 Å². The average molecular weight is 305 g/mol. The van der Waals surface area contributed by atoms with Crippen LogP contribution in [0.5, 0.6) is 0 Å². The van der Waals surface area contributed by atoms with Crippen molar-refractivity contribution < 1.29 is 4.79 Å². The van der Waals surface area contributed by atoms with Crippen LogP contribution < -0.4 is 5.32 Å². The van der Waals surface area contributed by atoms with E-state index >= 15 is 0 Å². The molecule has 1 saturated heterocycles. The van der Waals surface area contributed by atoms with Crippen LogP contribution in [-0.2, 0) is 7.05 Å². The summed E-state index contributed by atoms with van der Waals surface area (Å²) in [6, 6.07) is 0.352. The maximum absolute atomic E-state index is 12.5. The van der Waals surface area contributed by atoms with E-state index in [0.717, 1.165) is 37.5 Å². The SMILES string of the molecule is Cc1nc(NC(=O)N2CCCC2CCC2CCCC2)nn1C. The van der Waals surface area contributed by atoms with Crippen LogP contribution in [0.15, 0.2) is 0 Å². The Hall–Kier alpha value is -1.59. The van der Waals surface area contributed by atoms with Crippen molar-refractivity contribution in [3.63, 3.8) is 0 Å². The fourth-order valence-corrected chi connectivity index (χ4v) is 3.81. The topological polar surface area (TPSA) is 63.1 Å². The number of aryl methyl sites for hydroxylation is 2. The van der Waals surface area contributed by atoms with E-state index in [4.69, 9.17) is 0 Å². The molecule has 2 amide bonds. The van der Waals surface area contributed by atoms with Crippen molar-refractivity contribution in [3.8, 4) is 0 Å². The van der Waals surface area contributed by atoms with Gasteiger partial charge in [0.25, 0.3) is 0 Å². The first kappa shape index (κ1) is 15.3. The lowest BCUT2D eigenvalue weighted by molar-refractivity contribution is 0.200. The molecule has 6 nitrogen and oxygen atoms in total. The molecule has 1 atom stereocenters. The Bertz CT molecular complexity index is 501. The summed E-state index contributed by atoms with van der Waals surface area (Å²) < 4.78 is 1.68. The molecule has 6 heteroatoms. The third-order valence-corrected chi connectivity index (χ3v) is 5.22. The zero-order chi connectivity index (χ0) is 15.5. The van der Waals surface area contributed by atoms with E-state index in [1.165, 1.54) is 32.1 Å². The molecule has 1 saturated carbocycles. The minimum atomic E-state index is -0.0421. The highest BCUT2D eigenvalue weighted by Gasteiger charge is 2.30. The molecule has 0 radical (unpaired) electrons. The molecule has 1 aliphatic carbocycles. The fraction of sp³-hybridized carbons (Fsp3) is 0.812. The summed E-state index contributed by atoms with van der Waals surface area (Å²) in [4.78, 5) is 18.7. The van der Waals surface area contributed by atoms with Crippen LogP contribution in [0.25, 0.3) is 0 Å². The number of amides is 2. The summed E-state index contributed by atoms with van der Waals surface area (Å²) in [5.74, 6) is 2.10. The monoisotopic (exact) mass is 305 g/mol. The number of hydrogen-bond acceptors (Lipinski definition) is 3. The highest BCUT2D eigenvalue weighted by atomic mass is 16.2. The highest BCUT2D eigenvalue weighted by Crippen LogP contribution is 2.31. The summed E-state index contributed by atoms with van der Waals surface area (Å²) in [5, 5.41) is 7.05. The largest absolute Gasteiger partial charge is 0.324 e. The molecule has 122 valence electrons. The Morgan fingerprint density at radius 2 is 2.00 bits per heavy atom. The van der Waals surface area contributed by atoms with E-state index in [1.807, 2.05) is 18.9 Å². The molecule has 0 bridgehead atoms. The number of carbonyl (C=O) groups excluding carboxylic acids is 1. The van der Waals surface area contributed by atoms with Crippen LogP contribution in [0.2, 0.25) is 0 Å². The smallest absolute Gasteiger partial charge is 0.321 e. The number of likely N-dealkylation sites (tertiary alicyclic amines) is 1. The number of aromatic nitrogens is 3. The maximum Gasteiger partial charge on any atom is 0.324 e. The summed E-state index contributed by atoms with van der Waals surface area (Å²) in [6.07, 6.45) is 10.2. The zero-order valence-corrected chi connectivity index (χ0v) is 13.7. The van der Waals surface area contributed by atoms with E-state index < -0.39 is 0 Å². The van der Waals surface area contributed by atoms with Gasteiger partial charge in [-0.15, -0.1) is 5.10 Å². The van der Waals surface area contributed by atoms with Gasteiger partial charge in [-0.3, -0.25) is 10.00 Å². The number of nitrogens with one attached hydrogen (secondary N) is 1. The molecule has 1 aromatic rings. The van der Waals surface area contributed by atoms with Crippen LogP contribution in [-0.4, -0.2) is 38.3 Å². The van der Waals surface area contributed by atoms with Crippen LogP contribution in [0.3, 0.4) is 0 Å². The number of carbonyl (C=O) groups is 1. The molecule has 1 aliphatic heterocycles. The number of anilines is 1. The van der Waals surface area contributed by atoms with Gasteiger partial charge in [0.05, 0.1) is 0 Å². The van der Waals surface area contributed by atoms with Crippen molar-refractivity contribution in [2.24, 2.45) is 13.0 Å². The number of hydrogen-bond donors (Lipinski definition) is 1. The minimum absolute atomic E-state index is 0.0421. The third kappa shape index (κ3) is 3.42. The summed E-state index contributed by atoms with van der Waals surface area (Å²) in [7, 11) is 1.83. The van der Waals surface area contributed by atoms with Crippen LogP contribution in [0.4, 0.5) is 10.7 Å². The molecule has 0 spiro atoms. The Morgan fingerprint density at radius 3 is 2.68 bits per heavy atom. The first-order valence-electron chi connectivity index (χ1n) is 8.59. The third-order valence-electron chi connectivity index (χ3n) is 5.22. The Balaban J connectivity index is 1.53. The first-order valence-corrected chi connectivity index (χ1v) is 8.59. The molecule has 3 rings (SSSR count). The molecule has 2 fully saturated rings. The van der Waals surface area contributed by atoms with Gasteiger partial charge in [0.1, 0.15) is 5.82 Å². The maximum atomic E-state index is 12.5. The molecule has 1 unspecified atom stereocenters. The average Bonchev–Trinajstić information content (AvgIpc) is 3.20. The molecular formula is C16H27N5O. The zero-order valence-electron chi connectivity index (χ0n) is 13.7. The van der Waals surface area contributed by atoms with Crippen molar-refractivity contribution in [1.29, 1.82) is 0 Å². The normalized spacial score (nSPS) is 22.5. The molecule has 1 aromatic heterocycles. The summed E-state index contributed by atoms with van der Waals surface area (Å²) in [5.41, 5.74) is 0.